The van der Waals surface area contributed by atoms with Crippen LogP contribution in [-0.4, -0.2) is 23.7 Å². The number of aryl methyl sites for hydroxylation is 1. The Labute approximate surface area is 101 Å². The van der Waals surface area contributed by atoms with Crippen molar-refractivity contribution >= 4 is 5.97 Å². The molecule has 0 saturated heterocycles. The van der Waals surface area contributed by atoms with E-state index in [1.54, 1.807) is 0 Å². The zero-order valence-corrected chi connectivity index (χ0v) is 10.1. The maximum absolute atomic E-state index is 10.5. The molecular formula is C13H19NO3. The molecule has 17 heavy (non-hydrogen) atoms. The van der Waals surface area contributed by atoms with Crippen molar-refractivity contribution in [1.29, 1.82) is 0 Å². The van der Waals surface area contributed by atoms with Crippen LogP contribution in [0.2, 0.25) is 0 Å². The lowest BCUT2D eigenvalue weighted by Gasteiger charge is -2.08. The van der Waals surface area contributed by atoms with E-state index < -0.39 is 12.0 Å². The quantitative estimate of drug-likeness (QED) is 0.709. The van der Waals surface area contributed by atoms with Crippen LogP contribution in [0.1, 0.15) is 25.3 Å². The van der Waals surface area contributed by atoms with Gasteiger partial charge in [0.05, 0.1) is 6.61 Å². The SMILES string of the molecule is CCc1ccc(OCCC[C@H](N)C(=O)O)cc1. The highest BCUT2D eigenvalue weighted by atomic mass is 16.5. The van der Waals surface area contributed by atoms with Crippen LogP contribution >= 0.6 is 0 Å². The number of carboxylic acids is 1. The minimum Gasteiger partial charge on any atom is -0.494 e. The zero-order chi connectivity index (χ0) is 12.7. The van der Waals surface area contributed by atoms with Crippen LogP contribution in [0.3, 0.4) is 0 Å². The number of aliphatic carboxylic acids is 1. The first-order valence-electron chi connectivity index (χ1n) is 5.83. The van der Waals surface area contributed by atoms with Gasteiger partial charge in [0.15, 0.2) is 0 Å². The molecule has 0 spiro atoms. The monoisotopic (exact) mass is 237 g/mol. The molecule has 1 atom stereocenters. The van der Waals surface area contributed by atoms with Crippen molar-refractivity contribution in [3.63, 3.8) is 0 Å². The zero-order valence-electron chi connectivity index (χ0n) is 10.1. The number of rotatable bonds is 7. The molecule has 0 radical (unpaired) electrons. The second-order valence-electron chi connectivity index (χ2n) is 3.93. The van der Waals surface area contributed by atoms with Gasteiger partial charge >= 0.3 is 5.97 Å². The summed E-state index contributed by atoms with van der Waals surface area (Å²) < 4.78 is 5.49. The minimum absolute atomic E-state index is 0.433. The largest absolute Gasteiger partial charge is 0.494 e. The average molecular weight is 237 g/mol. The molecule has 1 aromatic carbocycles. The van der Waals surface area contributed by atoms with Gasteiger partial charge in [-0.25, -0.2) is 0 Å². The topological polar surface area (TPSA) is 72.5 Å². The summed E-state index contributed by atoms with van der Waals surface area (Å²) in [5.41, 5.74) is 6.65. The molecule has 0 amide bonds. The molecule has 4 nitrogen and oxygen atoms in total. The van der Waals surface area contributed by atoms with Crippen molar-refractivity contribution in [2.75, 3.05) is 6.61 Å². The Kier molecular flexibility index (Phi) is 5.49. The van der Waals surface area contributed by atoms with E-state index in [0.29, 0.717) is 19.4 Å². The van der Waals surface area contributed by atoms with Gasteiger partial charge in [-0.1, -0.05) is 19.1 Å². The standard InChI is InChI=1S/C13H19NO3/c1-2-10-5-7-11(8-6-10)17-9-3-4-12(14)13(15)16/h5-8,12H,2-4,9,14H2,1H3,(H,15,16)/t12-/m0/s1. The van der Waals surface area contributed by atoms with E-state index in [0.717, 1.165) is 12.2 Å². The van der Waals surface area contributed by atoms with E-state index in [-0.39, 0.29) is 0 Å². The van der Waals surface area contributed by atoms with Crippen molar-refractivity contribution < 1.29 is 14.6 Å². The van der Waals surface area contributed by atoms with Crippen LogP contribution in [-0.2, 0) is 11.2 Å². The molecule has 0 fully saturated rings. The molecule has 0 aliphatic heterocycles. The van der Waals surface area contributed by atoms with Crippen molar-refractivity contribution in [2.24, 2.45) is 5.73 Å². The molecule has 0 aliphatic rings. The summed E-state index contributed by atoms with van der Waals surface area (Å²) in [5.74, 6) is -0.150. The van der Waals surface area contributed by atoms with Crippen molar-refractivity contribution in [2.45, 2.75) is 32.2 Å². The maximum Gasteiger partial charge on any atom is 0.320 e. The molecule has 4 heteroatoms. The molecular weight excluding hydrogens is 218 g/mol. The Balaban J connectivity index is 2.24. The number of hydrogen-bond donors (Lipinski definition) is 2. The van der Waals surface area contributed by atoms with Gasteiger partial charge in [0.1, 0.15) is 11.8 Å². The Hall–Kier alpha value is -1.55. The summed E-state index contributed by atoms with van der Waals surface area (Å²) in [6.07, 6.45) is 2.08. The summed E-state index contributed by atoms with van der Waals surface area (Å²) in [6.45, 7) is 2.59. The lowest BCUT2D eigenvalue weighted by atomic mass is 10.1. The predicted octanol–water partition coefficient (Wildman–Crippen LogP) is 1.82. The first kappa shape index (κ1) is 13.5. The number of nitrogens with two attached hydrogens (primary N) is 1. The fraction of sp³-hybridized carbons (Fsp3) is 0.462. The molecule has 0 unspecified atom stereocenters. The number of carbonyl (C=O) groups is 1. The van der Waals surface area contributed by atoms with Crippen molar-refractivity contribution in [3.8, 4) is 5.75 Å². The van der Waals surface area contributed by atoms with E-state index in [2.05, 4.69) is 6.92 Å². The van der Waals surface area contributed by atoms with Crippen LogP contribution in [0.25, 0.3) is 0 Å². The minimum atomic E-state index is -0.961. The Bertz CT molecular complexity index is 348. The smallest absolute Gasteiger partial charge is 0.320 e. The van der Waals surface area contributed by atoms with Crippen LogP contribution in [0.5, 0.6) is 5.75 Å². The average Bonchev–Trinajstić information content (AvgIpc) is 2.35. The van der Waals surface area contributed by atoms with Crippen LogP contribution < -0.4 is 10.5 Å². The normalized spacial score (nSPS) is 12.1. The summed E-state index contributed by atoms with van der Waals surface area (Å²) >= 11 is 0. The van der Waals surface area contributed by atoms with E-state index in [4.69, 9.17) is 15.6 Å². The lowest BCUT2D eigenvalue weighted by Crippen LogP contribution is -2.30. The first-order valence-corrected chi connectivity index (χ1v) is 5.83. The van der Waals surface area contributed by atoms with Gasteiger partial charge in [0.2, 0.25) is 0 Å². The van der Waals surface area contributed by atoms with Gasteiger partial charge in [-0.2, -0.15) is 0 Å². The highest BCUT2D eigenvalue weighted by Crippen LogP contribution is 2.13. The fourth-order valence-corrected chi connectivity index (χ4v) is 1.44. The second kappa shape index (κ2) is 6.91. The fourth-order valence-electron chi connectivity index (χ4n) is 1.44. The number of ether oxygens (including phenoxy) is 1. The van der Waals surface area contributed by atoms with E-state index in [1.807, 2.05) is 24.3 Å². The van der Waals surface area contributed by atoms with Crippen LogP contribution in [0, 0.1) is 0 Å². The van der Waals surface area contributed by atoms with Gasteiger partial charge in [-0.05, 0) is 37.0 Å². The molecule has 3 N–H and O–H groups in total. The van der Waals surface area contributed by atoms with Gasteiger partial charge < -0.3 is 15.6 Å². The van der Waals surface area contributed by atoms with E-state index in [1.165, 1.54) is 5.56 Å². The lowest BCUT2D eigenvalue weighted by molar-refractivity contribution is -0.138. The Morgan fingerprint density at radius 1 is 1.41 bits per heavy atom. The van der Waals surface area contributed by atoms with Crippen molar-refractivity contribution in [3.05, 3.63) is 29.8 Å². The van der Waals surface area contributed by atoms with Crippen molar-refractivity contribution in [1.82, 2.24) is 0 Å². The molecule has 1 rings (SSSR count). The summed E-state index contributed by atoms with van der Waals surface area (Å²) in [4.78, 5) is 10.5. The molecule has 94 valence electrons. The van der Waals surface area contributed by atoms with Gasteiger partial charge in [0, 0.05) is 0 Å². The third-order valence-corrected chi connectivity index (χ3v) is 2.58. The number of carboxylic acid groups (broad SMARTS) is 1. The third-order valence-electron chi connectivity index (χ3n) is 2.58. The molecule has 0 heterocycles. The predicted molar refractivity (Wildman–Crippen MR) is 66.2 cm³/mol. The molecule has 1 aromatic rings. The summed E-state index contributed by atoms with van der Waals surface area (Å²) in [5, 5.41) is 8.59. The molecule has 0 saturated carbocycles. The number of hydrogen-bond acceptors (Lipinski definition) is 3. The van der Waals surface area contributed by atoms with E-state index >= 15 is 0 Å². The highest BCUT2D eigenvalue weighted by Gasteiger charge is 2.10. The Morgan fingerprint density at radius 3 is 2.59 bits per heavy atom. The Morgan fingerprint density at radius 2 is 2.06 bits per heavy atom. The number of benzene rings is 1. The van der Waals surface area contributed by atoms with Crippen LogP contribution in [0.15, 0.2) is 24.3 Å². The first-order chi connectivity index (χ1) is 8.13. The molecule has 0 bridgehead atoms. The maximum atomic E-state index is 10.5. The molecule has 0 aromatic heterocycles. The van der Waals surface area contributed by atoms with Gasteiger partial charge in [0.25, 0.3) is 0 Å². The second-order valence-corrected chi connectivity index (χ2v) is 3.93. The van der Waals surface area contributed by atoms with Gasteiger partial charge in [-0.3, -0.25) is 4.79 Å². The highest BCUT2D eigenvalue weighted by molar-refractivity contribution is 5.72. The summed E-state index contributed by atoms with van der Waals surface area (Å²) in [6, 6.07) is 7.11. The van der Waals surface area contributed by atoms with E-state index in [9.17, 15) is 4.79 Å². The van der Waals surface area contributed by atoms with Crippen LogP contribution in [0.4, 0.5) is 0 Å². The third kappa shape index (κ3) is 4.87. The van der Waals surface area contributed by atoms with Gasteiger partial charge in [-0.15, -0.1) is 0 Å². The summed E-state index contributed by atoms with van der Waals surface area (Å²) in [7, 11) is 0. The molecule has 0 aliphatic carbocycles.